The van der Waals surface area contributed by atoms with Gasteiger partial charge in [0, 0.05) is 37.0 Å². The molecular formula is C23H25N2O+. The number of pyridine rings is 1. The van der Waals surface area contributed by atoms with E-state index in [4.69, 9.17) is 5.11 Å². The maximum atomic E-state index is 9.01. The Balaban J connectivity index is 1.61. The van der Waals surface area contributed by atoms with Crippen molar-refractivity contribution in [2.75, 3.05) is 25.1 Å². The molecule has 1 aromatic heterocycles. The van der Waals surface area contributed by atoms with E-state index in [1.165, 1.54) is 11.1 Å². The number of hydrogen-bond acceptors (Lipinski definition) is 2. The molecule has 132 valence electrons. The monoisotopic (exact) mass is 345 g/mol. The molecule has 0 amide bonds. The Labute approximate surface area is 155 Å². The number of aliphatic hydroxyl groups is 1. The molecule has 0 spiro atoms. The summed E-state index contributed by atoms with van der Waals surface area (Å²) in [6.07, 6.45) is 8.46. The third-order valence-electron chi connectivity index (χ3n) is 4.36. The molecule has 0 atom stereocenters. The molecular weight excluding hydrogens is 320 g/mol. The Kier molecular flexibility index (Phi) is 6.18. The van der Waals surface area contributed by atoms with Gasteiger partial charge in [-0.25, -0.2) is 4.57 Å². The lowest BCUT2D eigenvalue weighted by Gasteiger charge is -2.17. The normalized spacial score (nSPS) is 11.0. The van der Waals surface area contributed by atoms with E-state index in [1.54, 1.807) is 0 Å². The summed E-state index contributed by atoms with van der Waals surface area (Å²) in [5, 5.41) is 9.01. The molecule has 0 aliphatic carbocycles. The van der Waals surface area contributed by atoms with Crippen molar-refractivity contribution in [1.29, 1.82) is 0 Å². The van der Waals surface area contributed by atoms with Crippen LogP contribution in [0.4, 0.5) is 5.69 Å². The van der Waals surface area contributed by atoms with Gasteiger partial charge in [-0.15, -0.1) is 0 Å². The molecule has 2 aromatic carbocycles. The van der Waals surface area contributed by atoms with Crippen molar-refractivity contribution in [3.63, 3.8) is 0 Å². The second-order valence-electron chi connectivity index (χ2n) is 6.36. The number of rotatable bonds is 7. The quantitative estimate of drug-likeness (QED) is 0.662. The van der Waals surface area contributed by atoms with E-state index in [1.807, 2.05) is 18.0 Å². The zero-order valence-corrected chi connectivity index (χ0v) is 15.1. The molecule has 26 heavy (non-hydrogen) atoms. The molecule has 3 nitrogen and oxygen atoms in total. The molecule has 0 saturated carbocycles. The highest BCUT2D eigenvalue weighted by molar-refractivity contribution is 5.70. The van der Waals surface area contributed by atoms with Gasteiger partial charge in [0.05, 0.1) is 6.61 Å². The highest BCUT2D eigenvalue weighted by atomic mass is 16.3. The fourth-order valence-corrected chi connectivity index (χ4v) is 2.79. The standard InChI is InChI=1S/C23H25N2O/c1-24(17-18-26)23-11-9-20(10-12-23)7-8-21-13-15-25(16-14-21)19-22-5-3-2-4-6-22/h2-16,26H,17-19H2,1H3/q+1. The number of aliphatic hydroxyl groups excluding tert-OH is 1. The molecule has 0 saturated heterocycles. The van der Waals surface area contributed by atoms with Crippen LogP contribution in [0.5, 0.6) is 0 Å². The van der Waals surface area contributed by atoms with Crippen molar-refractivity contribution >= 4 is 17.8 Å². The minimum atomic E-state index is 0.163. The number of hydrogen-bond donors (Lipinski definition) is 1. The maximum Gasteiger partial charge on any atom is 0.173 e. The van der Waals surface area contributed by atoms with Crippen LogP contribution in [0.1, 0.15) is 16.7 Å². The van der Waals surface area contributed by atoms with E-state index in [9.17, 15) is 0 Å². The molecule has 1 N–H and O–H groups in total. The summed E-state index contributed by atoms with van der Waals surface area (Å²) >= 11 is 0. The topological polar surface area (TPSA) is 27.3 Å². The minimum absolute atomic E-state index is 0.163. The first-order valence-corrected chi connectivity index (χ1v) is 8.88. The molecule has 3 heteroatoms. The minimum Gasteiger partial charge on any atom is -0.395 e. The third kappa shape index (κ3) is 5.04. The Hall–Kier alpha value is -2.91. The van der Waals surface area contributed by atoms with E-state index < -0.39 is 0 Å². The van der Waals surface area contributed by atoms with E-state index in [0.29, 0.717) is 6.54 Å². The van der Waals surface area contributed by atoms with Gasteiger partial charge < -0.3 is 10.0 Å². The van der Waals surface area contributed by atoms with E-state index in [-0.39, 0.29) is 6.61 Å². The lowest BCUT2D eigenvalue weighted by atomic mass is 10.1. The predicted molar refractivity (Wildman–Crippen MR) is 108 cm³/mol. The molecule has 0 bridgehead atoms. The summed E-state index contributed by atoms with van der Waals surface area (Å²) in [4.78, 5) is 2.04. The first kappa shape index (κ1) is 17.9. The van der Waals surface area contributed by atoms with Crippen LogP contribution in [0.25, 0.3) is 12.2 Å². The van der Waals surface area contributed by atoms with Crippen LogP contribution in [0, 0.1) is 0 Å². The van der Waals surface area contributed by atoms with Crippen molar-refractivity contribution in [1.82, 2.24) is 0 Å². The largest absolute Gasteiger partial charge is 0.395 e. The lowest BCUT2D eigenvalue weighted by molar-refractivity contribution is -0.688. The average molecular weight is 345 g/mol. The number of aromatic nitrogens is 1. The number of anilines is 1. The van der Waals surface area contributed by atoms with Crippen LogP contribution in [-0.2, 0) is 6.54 Å². The van der Waals surface area contributed by atoms with E-state index in [2.05, 4.69) is 89.8 Å². The first-order chi connectivity index (χ1) is 12.7. The highest BCUT2D eigenvalue weighted by Crippen LogP contribution is 2.15. The summed E-state index contributed by atoms with van der Waals surface area (Å²) < 4.78 is 2.18. The lowest BCUT2D eigenvalue weighted by Crippen LogP contribution is -2.32. The summed E-state index contributed by atoms with van der Waals surface area (Å²) in [5.74, 6) is 0. The van der Waals surface area contributed by atoms with Gasteiger partial charge in [0.25, 0.3) is 0 Å². The molecule has 3 aromatic rings. The van der Waals surface area contributed by atoms with Gasteiger partial charge in [-0.1, -0.05) is 54.6 Å². The van der Waals surface area contributed by atoms with Crippen molar-refractivity contribution in [3.05, 3.63) is 95.8 Å². The molecule has 0 aliphatic heterocycles. The van der Waals surface area contributed by atoms with Crippen LogP contribution >= 0.6 is 0 Å². The van der Waals surface area contributed by atoms with Gasteiger partial charge in [0.15, 0.2) is 18.9 Å². The Bertz CT molecular complexity index is 824. The Morgan fingerprint density at radius 1 is 0.846 bits per heavy atom. The number of likely N-dealkylation sites (N-methyl/N-ethyl adjacent to an activating group) is 1. The van der Waals surface area contributed by atoms with Gasteiger partial charge in [-0.05, 0) is 23.3 Å². The van der Waals surface area contributed by atoms with Gasteiger partial charge >= 0.3 is 0 Å². The highest BCUT2D eigenvalue weighted by Gasteiger charge is 2.02. The van der Waals surface area contributed by atoms with Crippen molar-refractivity contribution in [2.45, 2.75) is 6.54 Å². The number of nitrogens with zero attached hydrogens (tertiary/aromatic N) is 2. The predicted octanol–water partition coefficient (Wildman–Crippen LogP) is 3.62. The van der Waals surface area contributed by atoms with Crippen LogP contribution < -0.4 is 9.47 Å². The number of benzene rings is 2. The average Bonchev–Trinajstić information content (AvgIpc) is 2.69. The Morgan fingerprint density at radius 2 is 1.46 bits per heavy atom. The van der Waals surface area contributed by atoms with Crippen molar-refractivity contribution in [3.8, 4) is 0 Å². The maximum absolute atomic E-state index is 9.01. The summed E-state index contributed by atoms with van der Waals surface area (Å²) in [6, 6.07) is 23.1. The molecule has 3 rings (SSSR count). The smallest absolute Gasteiger partial charge is 0.173 e. The van der Waals surface area contributed by atoms with Crippen molar-refractivity contribution in [2.24, 2.45) is 0 Å². The fourth-order valence-electron chi connectivity index (χ4n) is 2.79. The fraction of sp³-hybridized carbons (Fsp3) is 0.174. The van der Waals surface area contributed by atoms with Gasteiger partial charge in [-0.2, -0.15) is 0 Å². The van der Waals surface area contributed by atoms with Crippen LogP contribution in [0.2, 0.25) is 0 Å². The van der Waals surface area contributed by atoms with E-state index >= 15 is 0 Å². The van der Waals surface area contributed by atoms with Crippen LogP contribution in [0.15, 0.2) is 79.1 Å². The first-order valence-electron chi connectivity index (χ1n) is 8.88. The molecule has 0 radical (unpaired) electrons. The van der Waals surface area contributed by atoms with Gasteiger partial charge in [0.1, 0.15) is 0 Å². The van der Waals surface area contributed by atoms with E-state index in [0.717, 1.165) is 17.8 Å². The second-order valence-corrected chi connectivity index (χ2v) is 6.36. The summed E-state index contributed by atoms with van der Waals surface area (Å²) in [6.45, 7) is 1.69. The molecule has 0 unspecified atom stereocenters. The Morgan fingerprint density at radius 3 is 2.08 bits per heavy atom. The zero-order chi connectivity index (χ0) is 18.2. The molecule has 1 heterocycles. The third-order valence-corrected chi connectivity index (χ3v) is 4.36. The van der Waals surface area contributed by atoms with Crippen LogP contribution in [-0.4, -0.2) is 25.3 Å². The summed E-state index contributed by atoms with van der Waals surface area (Å²) in [7, 11) is 1.98. The SMILES string of the molecule is CN(CCO)c1ccc(C=Cc2cc[n+](Cc3ccccc3)cc2)cc1. The van der Waals surface area contributed by atoms with Gasteiger partial charge in [0.2, 0.25) is 0 Å². The summed E-state index contributed by atoms with van der Waals surface area (Å²) in [5.41, 5.74) is 4.74. The zero-order valence-electron chi connectivity index (χ0n) is 15.1. The second kappa shape index (κ2) is 8.97. The molecule has 0 aliphatic rings. The molecule has 0 fully saturated rings. The van der Waals surface area contributed by atoms with Crippen LogP contribution in [0.3, 0.4) is 0 Å². The van der Waals surface area contributed by atoms with Gasteiger partial charge in [-0.3, -0.25) is 0 Å². The van der Waals surface area contributed by atoms with Crippen molar-refractivity contribution < 1.29 is 9.67 Å².